The number of rotatable bonds is 9. The van der Waals surface area contributed by atoms with Crippen molar-refractivity contribution in [2.24, 2.45) is 0 Å². The first kappa shape index (κ1) is 22.0. The molecule has 3 aromatic rings. The van der Waals surface area contributed by atoms with Gasteiger partial charge in [0.25, 0.3) is 0 Å². The molecule has 3 aromatic carbocycles. The predicted octanol–water partition coefficient (Wildman–Crippen LogP) is 6.14. The van der Waals surface area contributed by atoms with E-state index < -0.39 is 0 Å². The van der Waals surface area contributed by atoms with E-state index in [4.69, 9.17) is 9.47 Å². The molecule has 0 bridgehead atoms. The topological polar surface area (TPSA) is 52.6 Å². The van der Waals surface area contributed by atoms with Crippen molar-refractivity contribution in [2.45, 2.75) is 33.3 Å². The fourth-order valence-corrected chi connectivity index (χ4v) is 3.15. The van der Waals surface area contributed by atoms with Gasteiger partial charge in [0.1, 0.15) is 18.1 Å². The molecule has 3 rings (SSSR count). The Balaban J connectivity index is 1.57. The molecule has 158 valence electrons. The highest BCUT2D eigenvalue weighted by atomic mass is 16.5. The van der Waals surface area contributed by atoms with Crippen molar-refractivity contribution < 1.29 is 19.1 Å². The van der Waals surface area contributed by atoms with Crippen LogP contribution in [0.15, 0.2) is 84.6 Å². The van der Waals surface area contributed by atoms with Crippen LogP contribution in [0.2, 0.25) is 0 Å². The van der Waals surface area contributed by atoms with E-state index in [-0.39, 0.29) is 5.97 Å². The molecular formula is C27H26O4. The molecule has 0 saturated heterocycles. The zero-order valence-electron chi connectivity index (χ0n) is 17.8. The van der Waals surface area contributed by atoms with E-state index in [0.29, 0.717) is 30.8 Å². The molecule has 0 N–H and O–H groups in total. The van der Waals surface area contributed by atoms with Crippen molar-refractivity contribution in [2.75, 3.05) is 0 Å². The van der Waals surface area contributed by atoms with E-state index in [1.165, 1.54) is 0 Å². The first-order valence-corrected chi connectivity index (χ1v) is 10.3. The number of benzene rings is 3. The highest BCUT2D eigenvalue weighted by Gasteiger charge is 2.07. The van der Waals surface area contributed by atoms with Gasteiger partial charge < -0.3 is 9.47 Å². The molecule has 0 aliphatic rings. The molecule has 4 nitrogen and oxygen atoms in total. The minimum absolute atomic E-state index is 0.230. The smallest absolute Gasteiger partial charge is 0.311 e. The molecular weight excluding hydrogens is 388 g/mol. The Morgan fingerprint density at radius 2 is 1.71 bits per heavy atom. The Labute approximate surface area is 183 Å². The van der Waals surface area contributed by atoms with Gasteiger partial charge >= 0.3 is 5.97 Å². The second kappa shape index (κ2) is 10.9. The van der Waals surface area contributed by atoms with Gasteiger partial charge in [-0.05, 0) is 66.8 Å². The summed E-state index contributed by atoms with van der Waals surface area (Å²) in [7, 11) is 0. The number of allylic oxidation sites excluding steroid dienone is 2. The Morgan fingerprint density at radius 1 is 0.935 bits per heavy atom. The molecule has 0 amide bonds. The summed E-state index contributed by atoms with van der Waals surface area (Å²) >= 11 is 0. The summed E-state index contributed by atoms with van der Waals surface area (Å²) in [5, 5.41) is 0. The number of aryl methyl sites for hydroxylation is 1. The fraction of sp³-hybridized carbons (Fsp3) is 0.185. The van der Waals surface area contributed by atoms with Crippen molar-refractivity contribution >= 4 is 12.3 Å². The molecule has 0 radical (unpaired) electrons. The maximum Gasteiger partial charge on any atom is 0.311 e. The van der Waals surface area contributed by atoms with E-state index in [0.717, 1.165) is 34.3 Å². The normalized spacial score (nSPS) is 11.1. The zero-order valence-corrected chi connectivity index (χ0v) is 17.8. The second-order valence-electron chi connectivity index (χ2n) is 7.21. The summed E-state index contributed by atoms with van der Waals surface area (Å²) in [6.07, 6.45) is 3.59. The van der Waals surface area contributed by atoms with Gasteiger partial charge in [-0.15, -0.1) is 0 Å². The van der Waals surface area contributed by atoms with Gasteiger partial charge in [-0.2, -0.15) is 0 Å². The van der Waals surface area contributed by atoms with Gasteiger partial charge in [0.05, 0.1) is 0 Å². The largest absolute Gasteiger partial charge is 0.489 e. The van der Waals surface area contributed by atoms with Crippen molar-refractivity contribution in [3.8, 4) is 16.9 Å². The van der Waals surface area contributed by atoms with E-state index in [1.807, 2.05) is 79.7 Å². The quantitative estimate of drug-likeness (QED) is 0.240. The Kier molecular flexibility index (Phi) is 7.77. The lowest BCUT2D eigenvalue weighted by Crippen LogP contribution is -2.04. The highest BCUT2D eigenvalue weighted by molar-refractivity contribution is 5.87. The molecule has 0 spiro atoms. The third-order valence-corrected chi connectivity index (χ3v) is 4.95. The third kappa shape index (κ3) is 6.41. The Bertz CT molecular complexity index is 1060. The maximum atomic E-state index is 11.8. The number of carbonyl (C=O) groups excluding carboxylic acids is 2. The monoisotopic (exact) mass is 414 g/mol. The van der Waals surface area contributed by atoms with Gasteiger partial charge in [0.2, 0.25) is 0 Å². The fourth-order valence-electron chi connectivity index (χ4n) is 3.15. The van der Waals surface area contributed by atoms with Crippen molar-refractivity contribution in [1.82, 2.24) is 0 Å². The standard InChI is InChI=1S/C27H26O4/c1-3-20(2)31-27(29)16-13-21-11-14-25(15-12-21)30-19-22-7-6-9-23(17-22)26-10-5-4-8-24(26)18-28/h3-12,14-15,17-18H,13,16,19H2,1-2H3/b20-3-. The van der Waals surface area contributed by atoms with Crippen LogP contribution in [-0.4, -0.2) is 12.3 Å². The summed E-state index contributed by atoms with van der Waals surface area (Å²) in [6.45, 7) is 4.02. The van der Waals surface area contributed by atoms with Crippen LogP contribution in [0, 0.1) is 0 Å². The molecule has 0 aliphatic heterocycles. The third-order valence-electron chi connectivity index (χ3n) is 4.95. The lowest BCUT2D eigenvalue weighted by molar-refractivity contribution is -0.139. The van der Waals surface area contributed by atoms with E-state index >= 15 is 0 Å². The van der Waals surface area contributed by atoms with Crippen LogP contribution in [0.4, 0.5) is 0 Å². The molecule has 0 atom stereocenters. The average Bonchev–Trinajstić information content (AvgIpc) is 2.82. The highest BCUT2D eigenvalue weighted by Crippen LogP contribution is 2.24. The number of aldehydes is 1. The van der Waals surface area contributed by atoms with Gasteiger partial charge in [0.15, 0.2) is 6.29 Å². The summed E-state index contributed by atoms with van der Waals surface area (Å²) < 4.78 is 11.1. The molecule has 0 heterocycles. The molecule has 4 heteroatoms. The molecule has 0 saturated carbocycles. The van der Waals surface area contributed by atoms with Crippen LogP contribution in [0.3, 0.4) is 0 Å². The minimum atomic E-state index is -0.230. The van der Waals surface area contributed by atoms with Gasteiger partial charge in [0, 0.05) is 12.0 Å². The SMILES string of the molecule is C/C=C(/C)OC(=O)CCc1ccc(OCc2cccc(-c3ccccc3C=O)c2)cc1. The lowest BCUT2D eigenvalue weighted by Gasteiger charge is -2.10. The van der Waals surface area contributed by atoms with Crippen molar-refractivity contribution in [1.29, 1.82) is 0 Å². The van der Waals surface area contributed by atoms with E-state index in [2.05, 4.69) is 0 Å². The summed E-state index contributed by atoms with van der Waals surface area (Å²) in [6, 6.07) is 23.3. The van der Waals surface area contributed by atoms with Gasteiger partial charge in [-0.3, -0.25) is 9.59 Å². The molecule has 31 heavy (non-hydrogen) atoms. The number of ether oxygens (including phenoxy) is 2. The van der Waals surface area contributed by atoms with Crippen LogP contribution in [0.25, 0.3) is 11.1 Å². The zero-order chi connectivity index (χ0) is 22.1. The van der Waals surface area contributed by atoms with E-state index in [9.17, 15) is 9.59 Å². The molecule has 0 unspecified atom stereocenters. The van der Waals surface area contributed by atoms with E-state index in [1.54, 1.807) is 13.0 Å². The average molecular weight is 415 g/mol. The van der Waals surface area contributed by atoms with Crippen LogP contribution >= 0.6 is 0 Å². The maximum absolute atomic E-state index is 11.8. The van der Waals surface area contributed by atoms with Crippen molar-refractivity contribution in [3.05, 3.63) is 101 Å². The summed E-state index contributed by atoms with van der Waals surface area (Å²) in [5.74, 6) is 1.15. The lowest BCUT2D eigenvalue weighted by atomic mass is 9.99. The van der Waals surface area contributed by atoms with Crippen LogP contribution in [0.1, 0.15) is 41.8 Å². The first-order chi connectivity index (χ1) is 15.1. The minimum Gasteiger partial charge on any atom is -0.489 e. The number of hydrogen-bond acceptors (Lipinski definition) is 4. The Morgan fingerprint density at radius 3 is 2.45 bits per heavy atom. The Hall–Kier alpha value is -3.66. The van der Waals surface area contributed by atoms with Crippen LogP contribution < -0.4 is 4.74 Å². The predicted molar refractivity (Wildman–Crippen MR) is 122 cm³/mol. The van der Waals surface area contributed by atoms with Crippen LogP contribution in [-0.2, 0) is 22.6 Å². The molecule has 0 aromatic heterocycles. The first-order valence-electron chi connectivity index (χ1n) is 10.3. The van der Waals surface area contributed by atoms with Crippen molar-refractivity contribution in [3.63, 3.8) is 0 Å². The number of esters is 1. The molecule has 0 fully saturated rings. The summed E-state index contributed by atoms with van der Waals surface area (Å²) in [4.78, 5) is 23.1. The number of carbonyl (C=O) groups is 2. The van der Waals surface area contributed by atoms with Gasteiger partial charge in [-0.25, -0.2) is 0 Å². The summed E-state index contributed by atoms with van der Waals surface area (Å²) in [5.41, 5.74) is 4.63. The van der Waals surface area contributed by atoms with Crippen LogP contribution in [0.5, 0.6) is 5.75 Å². The second-order valence-corrected chi connectivity index (χ2v) is 7.21. The number of hydrogen-bond donors (Lipinski definition) is 0. The van der Waals surface area contributed by atoms with Gasteiger partial charge in [-0.1, -0.05) is 54.6 Å². The molecule has 0 aliphatic carbocycles.